The normalized spacial score (nSPS) is 14.9. The molecule has 0 saturated heterocycles. The first kappa shape index (κ1) is 15.0. The first-order valence-electron chi connectivity index (χ1n) is 6.15. The molecule has 0 aliphatic heterocycles. The first-order valence-corrected chi connectivity index (χ1v) is 7.20. The van der Waals surface area contributed by atoms with E-state index >= 15 is 0 Å². The lowest BCUT2D eigenvalue weighted by molar-refractivity contribution is 0.564. The maximum atomic E-state index is 4.09. The van der Waals surface area contributed by atoms with Crippen LogP contribution in [0.1, 0.15) is 47.0 Å². The van der Waals surface area contributed by atoms with E-state index in [0.717, 1.165) is 24.6 Å². The Hall–Kier alpha value is 0.0500. The molecule has 0 spiro atoms. The summed E-state index contributed by atoms with van der Waals surface area (Å²) in [7, 11) is 0. The first-order chi connectivity index (χ1) is 7.13. The zero-order valence-electron chi connectivity index (χ0n) is 10.8. The van der Waals surface area contributed by atoms with Crippen molar-refractivity contribution in [1.82, 2.24) is 5.32 Å². The highest BCUT2D eigenvalue weighted by molar-refractivity contribution is 7.99. The monoisotopic (exact) mass is 229 g/mol. The molecule has 1 nitrogen and oxygen atoms in total. The number of hydrogen-bond acceptors (Lipinski definition) is 2. The summed E-state index contributed by atoms with van der Waals surface area (Å²) in [6.45, 7) is 14.1. The summed E-state index contributed by atoms with van der Waals surface area (Å²) in [6, 6.07) is 0.612. The van der Waals surface area contributed by atoms with E-state index in [-0.39, 0.29) is 0 Å². The molecule has 0 aromatic heterocycles. The van der Waals surface area contributed by atoms with Crippen molar-refractivity contribution in [3.63, 3.8) is 0 Å². The lowest BCUT2D eigenvalue weighted by Gasteiger charge is -2.20. The second-order valence-corrected chi connectivity index (χ2v) is 5.59. The summed E-state index contributed by atoms with van der Waals surface area (Å²) in [6.07, 6.45) is 3.50. The summed E-state index contributed by atoms with van der Waals surface area (Å²) in [5, 5.41) is 4.32. The molecule has 0 aromatic rings. The summed E-state index contributed by atoms with van der Waals surface area (Å²) in [4.78, 5) is 0. The number of thioether (sulfide) groups is 1. The molecule has 0 rings (SSSR count). The molecule has 0 heterocycles. The minimum atomic E-state index is 0.612. The zero-order valence-corrected chi connectivity index (χ0v) is 11.6. The van der Waals surface area contributed by atoms with E-state index < -0.39 is 0 Å². The maximum absolute atomic E-state index is 4.09. The largest absolute Gasteiger partial charge is 0.313 e. The average molecular weight is 229 g/mol. The van der Waals surface area contributed by atoms with Gasteiger partial charge in [-0.3, -0.25) is 0 Å². The molecule has 0 fully saturated rings. The highest BCUT2D eigenvalue weighted by Gasteiger charge is 2.10. The van der Waals surface area contributed by atoms with Gasteiger partial charge >= 0.3 is 0 Å². The molecular weight excluding hydrogens is 202 g/mol. The number of hydrogen-bond donors (Lipinski definition) is 1. The van der Waals surface area contributed by atoms with Crippen molar-refractivity contribution in [2.24, 2.45) is 0 Å². The summed E-state index contributed by atoms with van der Waals surface area (Å²) in [5.41, 5.74) is 1.37. The van der Waals surface area contributed by atoms with Crippen LogP contribution in [0, 0.1) is 0 Å². The quantitative estimate of drug-likeness (QED) is 0.603. The third-order valence-electron chi connectivity index (χ3n) is 2.68. The summed E-state index contributed by atoms with van der Waals surface area (Å²) >= 11 is 2.07. The van der Waals surface area contributed by atoms with E-state index in [1.165, 1.54) is 17.7 Å². The molecule has 0 amide bonds. The van der Waals surface area contributed by atoms with Crippen molar-refractivity contribution in [2.45, 2.75) is 58.2 Å². The molecule has 0 aliphatic rings. The lowest BCUT2D eigenvalue weighted by atomic mass is 10.1. The fourth-order valence-corrected chi connectivity index (χ4v) is 2.40. The molecule has 2 heteroatoms. The molecule has 0 aliphatic carbocycles. The Bertz CT molecular complexity index is 168. The van der Waals surface area contributed by atoms with Gasteiger partial charge in [0, 0.05) is 17.0 Å². The standard InChI is InChI=1S/C13H27NS/c1-6-11(4)9-13(14-8-3)10-15-12(5)7-2/h12-14H,4,6-10H2,1-3,5H3. The van der Waals surface area contributed by atoms with Crippen molar-refractivity contribution in [3.8, 4) is 0 Å². The molecule has 1 N–H and O–H groups in total. The topological polar surface area (TPSA) is 12.0 Å². The summed E-state index contributed by atoms with van der Waals surface area (Å²) < 4.78 is 0. The van der Waals surface area contributed by atoms with Crippen molar-refractivity contribution >= 4 is 11.8 Å². The van der Waals surface area contributed by atoms with Gasteiger partial charge in [-0.1, -0.05) is 39.8 Å². The fourth-order valence-electron chi connectivity index (χ4n) is 1.37. The Morgan fingerprint density at radius 1 is 1.33 bits per heavy atom. The van der Waals surface area contributed by atoms with E-state index in [0.29, 0.717) is 6.04 Å². The van der Waals surface area contributed by atoms with Gasteiger partial charge in [-0.2, -0.15) is 11.8 Å². The van der Waals surface area contributed by atoms with Crippen LogP contribution in [0.5, 0.6) is 0 Å². The fraction of sp³-hybridized carbons (Fsp3) is 0.846. The van der Waals surface area contributed by atoms with Crippen LogP contribution in [-0.4, -0.2) is 23.6 Å². The van der Waals surface area contributed by atoms with Gasteiger partial charge in [0.1, 0.15) is 0 Å². The van der Waals surface area contributed by atoms with E-state index in [4.69, 9.17) is 0 Å². The smallest absolute Gasteiger partial charge is 0.0195 e. The van der Waals surface area contributed by atoms with Crippen LogP contribution in [0.2, 0.25) is 0 Å². The molecule has 0 radical (unpaired) electrons. The Morgan fingerprint density at radius 2 is 2.00 bits per heavy atom. The number of rotatable bonds is 9. The molecule has 2 atom stereocenters. The van der Waals surface area contributed by atoms with E-state index in [1.54, 1.807) is 0 Å². The predicted molar refractivity (Wildman–Crippen MR) is 73.7 cm³/mol. The third kappa shape index (κ3) is 7.92. The van der Waals surface area contributed by atoms with Gasteiger partial charge in [-0.15, -0.1) is 0 Å². The van der Waals surface area contributed by atoms with E-state index in [9.17, 15) is 0 Å². The second-order valence-electron chi connectivity index (χ2n) is 4.11. The predicted octanol–water partition coefficient (Wildman–Crippen LogP) is 3.85. The molecule has 0 aromatic carbocycles. The van der Waals surface area contributed by atoms with Crippen LogP contribution in [0.4, 0.5) is 0 Å². The molecule has 0 saturated carbocycles. The SMILES string of the molecule is C=C(CC)CC(CSC(C)CC)NCC. The lowest BCUT2D eigenvalue weighted by Crippen LogP contribution is -2.32. The van der Waals surface area contributed by atoms with Gasteiger partial charge in [-0.05, 0) is 25.8 Å². The number of nitrogens with one attached hydrogen (secondary N) is 1. The highest BCUT2D eigenvalue weighted by Crippen LogP contribution is 2.18. The molecule has 2 unspecified atom stereocenters. The van der Waals surface area contributed by atoms with Crippen LogP contribution in [0.3, 0.4) is 0 Å². The van der Waals surface area contributed by atoms with Gasteiger partial charge in [0.05, 0.1) is 0 Å². The van der Waals surface area contributed by atoms with Crippen molar-refractivity contribution < 1.29 is 0 Å². The Kier molecular flexibility index (Phi) is 9.32. The Balaban J connectivity index is 3.87. The van der Waals surface area contributed by atoms with Crippen LogP contribution in [0.25, 0.3) is 0 Å². The molecular formula is C13H27NS. The minimum Gasteiger partial charge on any atom is -0.313 e. The van der Waals surface area contributed by atoms with E-state index in [2.05, 4.69) is 51.4 Å². The Morgan fingerprint density at radius 3 is 2.47 bits per heavy atom. The highest BCUT2D eigenvalue weighted by atomic mass is 32.2. The summed E-state index contributed by atoms with van der Waals surface area (Å²) in [5.74, 6) is 1.21. The van der Waals surface area contributed by atoms with Crippen molar-refractivity contribution in [3.05, 3.63) is 12.2 Å². The van der Waals surface area contributed by atoms with Gasteiger partial charge in [0.25, 0.3) is 0 Å². The minimum absolute atomic E-state index is 0.612. The van der Waals surface area contributed by atoms with Crippen molar-refractivity contribution in [2.75, 3.05) is 12.3 Å². The maximum Gasteiger partial charge on any atom is 0.0195 e. The molecule has 15 heavy (non-hydrogen) atoms. The van der Waals surface area contributed by atoms with Crippen LogP contribution < -0.4 is 5.32 Å². The van der Waals surface area contributed by atoms with Crippen LogP contribution in [-0.2, 0) is 0 Å². The molecule has 90 valence electrons. The van der Waals surface area contributed by atoms with Gasteiger partial charge in [-0.25, -0.2) is 0 Å². The van der Waals surface area contributed by atoms with Gasteiger partial charge in [0.2, 0.25) is 0 Å². The van der Waals surface area contributed by atoms with Crippen LogP contribution >= 0.6 is 11.8 Å². The second kappa shape index (κ2) is 9.29. The average Bonchev–Trinajstić information content (AvgIpc) is 2.25. The van der Waals surface area contributed by atoms with E-state index in [1.807, 2.05) is 0 Å². The zero-order chi connectivity index (χ0) is 11.7. The third-order valence-corrected chi connectivity index (χ3v) is 4.18. The van der Waals surface area contributed by atoms with Crippen molar-refractivity contribution in [1.29, 1.82) is 0 Å². The Labute approximate surface area is 100 Å². The van der Waals surface area contributed by atoms with Gasteiger partial charge < -0.3 is 5.32 Å². The molecule has 0 bridgehead atoms. The van der Waals surface area contributed by atoms with Crippen LogP contribution in [0.15, 0.2) is 12.2 Å². The van der Waals surface area contributed by atoms with Gasteiger partial charge in [0.15, 0.2) is 0 Å².